The van der Waals surface area contributed by atoms with Crippen LogP contribution < -0.4 is 5.32 Å². The SMILES string of the molecule is CCOC(=O)NCC(c1ccccc1)N1CCC(C)CC1. The molecule has 2 rings (SSSR count). The molecule has 1 aromatic rings. The molecule has 0 bridgehead atoms. The minimum absolute atomic E-state index is 0.225. The molecule has 0 aliphatic carbocycles. The number of nitrogens with one attached hydrogen (secondary N) is 1. The van der Waals surface area contributed by atoms with Gasteiger partial charge < -0.3 is 10.1 Å². The van der Waals surface area contributed by atoms with Crippen LogP contribution in [0.25, 0.3) is 0 Å². The molecule has 1 aromatic carbocycles. The van der Waals surface area contributed by atoms with Crippen LogP contribution in [0.1, 0.15) is 38.3 Å². The van der Waals surface area contributed by atoms with E-state index in [0.717, 1.165) is 19.0 Å². The summed E-state index contributed by atoms with van der Waals surface area (Å²) in [5.74, 6) is 0.802. The summed E-state index contributed by atoms with van der Waals surface area (Å²) in [6.07, 6.45) is 2.12. The Kier molecular flexibility index (Phi) is 6.05. The largest absolute Gasteiger partial charge is 0.450 e. The van der Waals surface area contributed by atoms with Gasteiger partial charge in [-0.2, -0.15) is 0 Å². The second kappa shape index (κ2) is 8.03. The number of carbonyl (C=O) groups excluding carboxylic acids is 1. The first-order valence-electron chi connectivity index (χ1n) is 7.90. The van der Waals surface area contributed by atoms with Gasteiger partial charge >= 0.3 is 6.09 Å². The molecule has 1 fully saturated rings. The van der Waals surface area contributed by atoms with Crippen molar-refractivity contribution < 1.29 is 9.53 Å². The van der Waals surface area contributed by atoms with Gasteiger partial charge in [0.25, 0.3) is 0 Å². The summed E-state index contributed by atoms with van der Waals surface area (Å²) in [5.41, 5.74) is 1.25. The van der Waals surface area contributed by atoms with Gasteiger partial charge in [-0.15, -0.1) is 0 Å². The summed E-state index contributed by atoms with van der Waals surface area (Å²) >= 11 is 0. The van der Waals surface area contributed by atoms with Crippen LogP contribution >= 0.6 is 0 Å². The Morgan fingerprint density at radius 3 is 2.62 bits per heavy atom. The highest BCUT2D eigenvalue weighted by Gasteiger charge is 2.25. The fraction of sp³-hybridized carbons (Fsp3) is 0.588. The topological polar surface area (TPSA) is 41.6 Å². The van der Waals surface area contributed by atoms with Gasteiger partial charge in [0, 0.05) is 6.54 Å². The molecule has 4 heteroatoms. The highest BCUT2D eigenvalue weighted by Crippen LogP contribution is 2.26. The molecule has 1 aliphatic rings. The minimum atomic E-state index is -0.330. The normalized spacial score (nSPS) is 18.2. The monoisotopic (exact) mass is 290 g/mol. The lowest BCUT2D eigenvalue weighted by Crippen LogP contribution is -2.42. The van der Waals surface area contributed by atoms with Crippen molar-refractivity contribution in [2.75, 3.05) is 26.2 Å². The average Bonchev–Trinajstić information content (AvgIpc) is 2.50. The molecule has 1 saturated heterocycles. The van der Waals surface area contributed by atoms with E-state index >= 15 is 0 Å². The third-order valence-corrected chi connectivity index (χ3v) is 4.16. The summed E-state index contributed by atoms with van der Waals surface area (Å²) in [5, 5.41) is 2.89. The number of hydrogen-bond donors (Lipinski definition) is 1. The lowest BCUT2D eigenvalue weighted by atomic mass is 9.96. The standard InChI is InChI=1S/C17H26N2O2/c1-3-21-17(20)18-13-16(15-7-5-4-6-8-15)19-11-9-14(2)10-12-19/h4-8,14,16H,3,9-13H2,1-2H3,(H,18,20). The molecule has 1 amide bonds. The summed E-state index contributed by atoms with van der Waals surface area (Å²) in [7, 11) is 0. The fourth-order valence-electron chi connectivity index (χ4n) is 2.84. The van der Waals surface area contributed by atoms with Crippen molar-refractivity contribution in [3.63, 3.8) is 0 Å². The molecular weight excluding hydrogens is 264 g/mol. The lowest BCUT2D eigenvalue weighted by Gasteiger charge is -2.37. The van der Waals surface area contributed by atoms with Gasteiger partial charge in [-0.05, 0) is 44.3 Å². The van der Waals surface area contributed by atoms with E-state index in [9.17, 15) is 4.79 Å². The van der Waals surface area contributed by atoms with Gasteiger partial charge in [0.2, 0.25) is 0 Å². The molecule has 1 heterocycles. The number of benzene rings is 1. The maximum Gasteiger partial charge on any atom is 0.407 e. The zero-order valence-electron chi connectivity index (χ0n) is 13.0. The first kappa shape index (κ1) is 15.8. The number of alkyl carbamates (subject to hydrolysis) is 1. The zero-order chi connectivity index (χ0) is 15.1. The van der Waals surface area contributed by atoms with Crippen LogP contribution in [0.5, 0.6) is 0 Å². The highest BCUT2D eigenvalue weighted by atomic mass is 16.5. The van der Waals surface area contributed by atoms with E-state index in [1.54, 1.807) is 0 Å². The van der Waals surface area contributed by atoms with Crippen molar-refractivity contribution in [1.82, 2.24) is 10.2 Å². The third-order valence-electron chi connectivity index (χ3n) is 4.16. The molecule has 1 N–H and O–H groups in total. The molecule has 0 radical (unpaired) electrons. The maximum atomic E-state index is 11.6. The van der Waals surface area contributed by atoms with E-state index < -0.39 is 0 Å². The molecule has 0 aromatic heterocycles. The van der Waals surface area contributed by atoms with Crippen LogP contribution in [0.15, 0.2) is 30.3 Å². The van der Waals surface area contributed by atoms with E-state index in [4.69, 9.17) is 4.74 Å². The van der Waals surface area contributed by atoms with Crippen molar-refractivity contribution in [3.8, 4) is 0 Å². The molecule has 0 saturated carbocycles. The van der Waals surface area contributed by atoms with Crippen molar-refractivity contribution in [3.05, 3.63) is 35.9 Å². The van der Waals surface area contributed by atoms with E-state index in [2.05, 4.69) is 41.4 Å². The minimum Gasteiger partial charge on any atom is -0.450 e. The molecule has 1 aliphatic heterocycles. The van der Waals surface area contributed by atoms with Gasteiger partial charge in [-0.3, -0.25) is 4.90 Å². The Balaban J connectivity index is 2.02. The lowest BCUT2D eigenvalue weighted by molar-refractivity contribution is 0.123. The summed E-state index contributed by atoms with van der Waals surface area (Å²) in [6, 6.07) is 10.6. The Hall–Kier alpha value is -1.55. The highest BCUT2D eigenvalue weighted by molar-refractivity contribution is 5.67. The molecular formula is C17H26N2O2. The number of nitrogens with zero attached hydrogens (tertiary/aromatic N) is 1. The second-order valence-electron chi connectivity index (χ2n) is 5.75. The molecule has 0 spiro atoms. The average molecular weight is 290 g/mol. The quantitative estimate of drug-likeness (QED) is 0.905. The summed E-state index contributed by atoms with van der Waals surface area (Å²) < 4.78 is 4.96. The van der Waals surface area contributed by atoms with Crippen molar-refractivity contribution in [1.29, 1.82) is 0 Å². The number of hydrogen-bond acceptors (Lipinski definition) is 3. The Morgan fingerprint density at radius 2 is 2.00 bits per heavy atom. The van der Waals surface area contributed by atoms with Gasteiger partial charge in [0.05, 0.1) is 12.6 Å². The predicted molar refractivity (Wildman–Crippen MR) is 84.2 cm³/mol. The predicted octanol–water partition coefficient (Wildman–Crippen LogP) is 3.21. The summed E-state index contributed by atoms with van der Waals surface area (Å²) in [6.45, 7) is 7.31. The third kappa shape index (κ3) is 4.74. The van der Waals surface area contributed by atoms with Gasteiger partial charge in [-0.1, -0.05) is 37.3 Å². The van der Waals surface area contributed by atoms with Crippen molar-refractivity contribution in [2.45, 2.75) is 32.7 Å². The van der Waals surface area contributed by atoms with Crippen LogP contribution in [0.3, 0.4) is 0 Å². The maximum absolute atomic E-state index is 11.6. The van der Waals surface area contributed by atoms with Gasteiger partial charge in [0.15, 0.2) is 0 Å². The van der Waals surface area contributed by atoms with Crippen molar-refractivity contribution in [2.24, 2.45) is 5.92 Å². The van der Waals surface area contributed by atoms with E-state index in [0.29, 0.717) is 13.2 Å². The van der Waals surface area contributed by atoms with Crippen LogP contribution in [-0.2, 0) is 4.74 Å². The van der Waals surface area contributed by atoms with Gasteiger partial charge in [0.1, 0.15) is 0 Å². The molecule has 21 heavy (non-hydrogen) atoms. The number of amides is 1. The van der Waals surface area contributed by atoms with Crippen LogP contribution in [-0.4, -0.2) is 37.2 Å². The van der Waals surface area contributed by atoms with Crippen molar-refractivity contribution >= 4 is 6.09 Å². The zero-order valence-corrected chi connectivity index (χ0v) is 13.0. The number of likely N-dealkylation sites (tertiary alicyclic amines) is 1. The number of piperidine rings is 1. The Morgan fingerprint density at radius 1 is 1.33 bits per heavy atom. The first-order valence-corrected chi connectivity index (χ1v) is 7.90. The first-order chi connectivity index (χ1) is 10.2. The fourth-order valence-corrected chi connectivity index (χ4v) is 2.84. The van der Waals surface area contributed by atoms with Crippen LogP contribution in [0.4, 0.5) is 4.79 Å². The number of ether oxygens (including phenoxy) is 1. The van der Waals surface area contributed by atoms with Crippen LogP contribution in [0, 0.1) is 5.92 Å². The Labute approximate surface area is 127 Å². The van der Waals surface area contributed by atoms with E-state index in [1.807, 2.05) is 13.0 Å². The van der Waals surface area contributed by atoms with E-state index in [-0.39, 0.29) is 12.1 Å². The van der Waals surface area contributed by atoms with E-state index in [1.165, 1.54) is 18.4 Å². The molecule has 1 atom stereocenters. The molecule has 4 nitrogen and oxygen atoms in total. The van der Waals surface area contributed by atoms with Crippen LogP contribution in [0.2, 0.25) is 0 Å². The second-order valence-corrected chi connectivity index (χ2v) is 5.75. The number of carbonyl (C=O) groups is 1. The summed E-state index contributed by atoms with van der Waals surface area (Å²) in [4.78, 5) is 14.0. The molecule has 1 unspecified atom stereocenters. The van der Waals surface area contributed by atoms with Gasteiger partial charge in [-0.25, -0.2) is 4.79 Å². The Bertz CT molecular complexity index is 428. The smallest absolute Gasteiger partial charge is 0.407 e. The molecule has 116 valence electrons. The number of rotatable bonds is 5.